The number of carbonyl (C=O) groups excluding carboxylic acids is 1. The van der Waals surface area contributed by atoms with E-state index in [-0.39, 0.29) is 30.6 Å². The molecule has 17 heavy (non-hydrogen) atoms. The Bertz CT molecular complexity index is 269. The smallest absolute Gasteiger partial charge is 0.225 e. The van der Waals surface area contributed by atoms with Gasteiger partial charge in [-0.1, -0.05) is 6.42 Å². The van der Waals surface area contributed by atoms with E-state index < -0.39 is 0 Å². The molecule has 0 spiro atoms. The number of carbonyl (C=O) groups is 1. The van der Waals surface area contributed by atoms with Crippen LogP contribution in [0.25, 0.3) is 0 Å². The quantitative estimate of drug-likeness (QED) is 0.777. The molecule has 1 aliphatic heterocycles. The molecule has 0 aromatic heterocycles. The van der Waals surface area contributed by atoms with Crippen LogP contribution in [0.1, 0.15) is 39.0 Å². The van der Waals surface area contributed by atoms with Gasteiger partial charge in [0, 0.05) is 12.6 Å². The highest BCUT2D eigenvalue weighted by atomic mass is 16.5. The minimum absolute atomic E-state index is 0.0273. The first kappa shape index (κ1) is 12.8. The molecular formula is C13H23NO3. The van der Waals surface area contributed by atoms with E-state index in [9.17, 15) is 4.79 Å². The molecule has 2 N–H and O–H groups in total. The lowest BCUT2D eigenvalue weighted by atomic mass is 9.86. The van der Waals surface area contributed by atoms with E-state index in [0.717, 1.165) is 32.1 Å². The van der Waals surface area contributed by atoms with Crippen LogP contribution in [0.4, 0.5) is 0 Å². The van der Waals surface area contributed by atoms with Gasteiger partial charge in [-0.05, 0) is 38.5 Å². The second-order valence-electron chi connectivity index (χ2n) is 5.50. The van der Waals surface area contributed by atoms with Crippen molar-refractivity contribution in [3.63, 3.8) is 0 Å². The van der Waals surface area contributed by atoms with E-state index in [1.54, 1.807) is 0 Å². The van der Waals surface area contributed by atoms with Crippen LogP contribution in [-0.2, 0) is 9.53 Å². The maximum atomic E-state index is 12.0. The molecule has 1 aliphatic carbocycles. The number of nitrogens with one attached hydrogen (secondary N) is 1. The Balaban J connectivity index is 1.78. The van der Waals surface area contributed by atoms with Crippen LogP contribution >= 0.6 is 0 Å². The van der Waals surface area contributed by atoms with Crippen molar-refractivity contribution in [3.05, 3.63) is 0 Å². The van der Waals surface area contributed by atoms with Gasteiger partial charge in [-0.15, -0.1) is 0 Å². The summed E-state index contributed by atoms with van der Waals surface area (Å²) < 4.78 is 5.42. The summed E-state index contributed by atoms with van der Waals surface area (Å²) in [5.41, 5.74) is 0. The van der Waals surface area contributed by atoms with Crippen LogP contribution in [-0.4, -0.2) is 36.4 Å². The van der Waals surface area contributed by atoms with Gasteiger partial charge in [0.15, 0.2) is 0 Å². The van der Waals surface area contributed by atoms with E-state index in [2.05, 4.69) is 5.32 Å². The molecule has 1 heterocycles. The summed E-state index contributed by atoms with van der Waals surface area (Å²) in [5.74, 6) is 0.533. The Morgan fingerprint density at radius 1 is 1.41 bits per heavy atom. The lowest BCUT2D eigenvalue weighted by Gasteiger charge is -2.29. The van der Waals surface area contributed by atoms with Crippen molar-refractivity contribution in [3.8, 4) is 0 Å². The fourth-order valence-electron chi connectivity index (χ4n) is 2.91. The van der Waals surface area contributed by atoms with Gasteiger partial charge in [0.25, 0.3) is 0 Å². The summed E-state index contributed by atoms with van der Waals surface area (Å²) >= 11 is 0. The third kappa shape index (κ3) is 3.42. The fourth-order valence-corrected chi connectivity index (χ4v) is 2.91. The summed E-state index contributed by atoms with van der Waals surface area (Å²) in [5, 5.41) is 12.3. The molecule has 2 aliphatic rings. The van der Waals surface area contributed by atoms with Gasteiger partial charge < -0.3 is 15.2 Å². The third-order valence-electron chi connectivity index (χ3n) is 3.96. The van der Waals surface area contributed by atoms with Crippen LogP contribution in [0.2, 0.25) is 0 Å². The molecule has 1 amide bonds. The summed E-state index contributed by atoms with van der Waals surface area (Å²) in [7, 11) is 0. The number of aliphatic hydroxyl groups excluding tert-OH is 1. The number of rotatable bonds is 3. The molecule has 2 rings (SSSR count). The first-order chi connectivity index (χ1) is 8.19. The molecule has 1 saturated heterocycles. The first-order valence-corrected chi connectivity index (χ1v) is 6.72. The Morgan fingerprint density at radius 3 is 2.88 bits per heavy atom. The van der Waals surface area contributed by atoms with Gasteiger partial charge in [-0.25, -0.2) is 0 Å². The molecule has 4 atom stereocenters. The van der Waals surface area contributed by atoms with Gasteiger partial charge in [-0.2, -0.15) is 0 Å². The summed E-state index contributed by atoms with van der Waals surface area (Å²) in [6.45, 7) is 2.81. The van der Waals surface area contributed by atoms with E-state index in [0.29, 0.717) is 12.5 Å². The lowest BCUT2D eigenvalue weighted by Crippen LogP contribution is -2.42. The van der Waals surface area contributed by atoms with Crippen LogP contribution in [0.5, 0.6) is 0 Å². The maximum Gasteiger partial charge on any atom is 0.225 e. The highest BCUT2D eigenvalue weighted by Crippen LogP contribution is 2.25. The molecular weight excluding hydrogens is 218 g/mol. The van der Waals surface area contributed by atoms with Crippen molar-refractivity contribution in [1.29, 1.82) is 0 Å². The standard InChI is InChI=1S/C13H23NO3/c1-9-5-11(8-17-9)13(16)14-12-4-2-3-10(6-12)7-15/h9-12,15H,2-8H2,1H3,(H,14,16). The van der Waals surface area contributed by atoms with E-state index in [4.69, 9.17) is 9.84 Å². The Hall–Kier alpha value is -0.610. The number of ether oxygens (including phenoxy) is 1. The van der Waals surface area contributed by atoms with Crippen LogP contribution in [0.3, 0.4) is 0 Å². The average molecular weight is 241 g/mol. The minimum Gasteiger partial charge on any atom is -0.396 e. The molecule has 4 unspecified atom stereocenters. The summed E-state index contributed by atoms with van der Waals surface area (Å²) in [4.78, 5) is 12.0. The van der Waals surface area contributed by atoms with Gasteiger partial charge in [0.2, 0.25) is 5.91 Å². The molecule has 0 radical (unpaired) electrons. The minimum atomic E-state index is 0.0273. The molecule has 4 nitrogen and oxygen atoms in total. The van der Waals surface area contributed by atoms with Crippen LogP contribution in [0.15, 0.2) is 0 Å². The van der Waals surface area contributed by atoms with E-state index in [1.165, 1.54) is 0 Å². The monoisotopic (exact) mass is 241 g/mol. The zero-order valence-electron chi connectivity index (χ0n) is 10.5. The highest BCUT2D eigenvalue weighted by Gasteiger charge is 2.30. The fraction of sp³-hybridized carbons (Fsp3) is 0.923. The van der Waals surface area contributed by atoms with Gasteiger partial charge >= 0.3 is 0 Å². The molecule has 1 saturated carbocycles. The zero-order chi connectivity index (χ0) is 12.3. The Morgan fingerprint density at radius 2 is 2.24 bits per heavy atom. The third-order valence-corrected chi connectivity index (χ3v) is 3.96. The number of amides is 1. The maximum absolute atomic E-state index is 12.0. The molecule has 4 heteroatoms. The second-order valence-corrected chi connectivity index (χ2v) is 5.50. The largest absolute Gasteiger partial charge is 0.396 e. The molecule has 0 aromatic carbocycles. The van der Waals surface area contributed by atoms with Crippen molar-refractivity contribution in [1.82, 2.24) is 5.32 Å². The Labute approximate surface area is 103 Å². The summed E-state index contributed by atoms with van der Waals surface area (Å²) in [6.07, 6.45) is 5.21. The first-order valence-electron chi connectivity index (χ1n) is 6.72. The van der Waals surface area contributed by atoms with Crippen molar-refractivity contribution < 1.29 is 14.6 Å². The zero-order valence-corrected chi connectivity index (χ0v) is 10.5. The predicted octanol–water partition coefficient (Wildman–Crippen LogP) is 1.08. The van der Waals surface area contributed by atoms with Crippen molar-refractivity contribution >= 4 is 5.91 Å². The molecule has 0 bridgehead atoms. The average Bonchev–Trinajstić information content (AvgIpc) is 2.76. The highest BCUT2D eigenvalue weighted by molar-refractivity contribution is 5.79. The normalized spacial score (nSPS) is 38.0. The number of aliphatic hydroxyl groups is 1. The van der Waals surface area contributed by atoms with E-state index in [1.807, 2.05) is 6.92 Å². The van der Waals surface area contributed by atoms with E-state index >= 15 is 0 Å². The van der Waals surface area contributed by atoms with Crippen LogP contribution in [0, 0.1) is 11.8 Å². The Kier molecular flexibility index (Phi) is 4.40. The van der Waals surface area contributed by atoms with Gasteiger partial charge in [0.1, 0.15) is 0 Å². The predicted molar refractivity (Wildman–Crippen MR) is 64.5 cm³/mol. The van der Waals surface area contributed by atoms with Crippen molar-refractivity contribution in [2.75, 3.05) is 13.2 Å². The van der Waals surface area contributed by atoms with Crippen molar-refractivity contribution in [2.45, 2.75) is 51.2 Å². The van der Waals surface area contributed by atoms with Crippen LogP contribution < -0.4 is 5.32 Å². The van der Waals surface area contributed by atoms with Gasteiger partial charge in [-0.3, -0.25) is 4.79 Å². The second kappa shape index (κ2) is 5.83. The SMILES string of the molecule is CC1CC(C(=O)NC2CCCC(CO)C2)CO1. The molecule has 0 aromatic rings. The molecule has 2 fully saturated rings. The lowest BCUT2D eigenvalue weighted by molar-refractivity contribution is -0.126. The van der Waals surface area contributed by atoms with Crippen molar-refractivity contribution in [2.24, 2.45) is 11.8 Å². The summed E-state index contributed by atoms with van der Waals surface area (Å²) in [6, 6.07) is 0.254. The number of hydrogen-bond donors (Lipinski definition) is 2. The molecule has 98 valence electrons. The van der Waals surface area contributed by atoms with Gasteiger partial charge in [0.05, 0.1) is 18.6 Å². The number of hydrogen-bond acceptors (Lipinski definition) is 3. The topological polar surface area (TPSA) is 58.6 Å².